The maximum atomic E-state index is 12.4. The SMILES string of the molecule is Cc1cc(S(=O)(=O)Cc2cscn2)cnc1N[C@H]1CCNC1.O=C(O)C(F)(F)F. The molecule has 0 amide bonds. The molecule has 1 aliphatic rings. The van der Waals surface area contributed by atoms with Gasteiger partial charge in [-0.15, -0.1) is 11.3 Å². The standard InChI is InChI=1S/C14H18N4O2S2.C2HF3O2/c1-10-4-13(22(19,20)8-12-7-21-9-17-12)6-16-14(10)18-11-2-3-15-5-11;3-2(4,5)1(6)7/h4,6-7,9,11,15H,2-3,5,8H2,1H3,(H,16,18);(H,6,7)/t11-;/m0./s1. The molecule has 0 aliphatic carbocycles. The first-order valence-corrected chi connectivity index (χ1v) is 10.9. The van der Waals surface area contributed by atoms with E-state index >= 15 is 0 Å². The van der Waals surface area contributed by atoms with Gasteiger partial charge in [-0.2, -0.15) is 13.2 Å². The molecule has 1 fully saturated rings. The molecular formula is C16H19F3N4O4S2. The van der Waals surface area contributed by atoms with Crippen LogP contribution in [0.15, 0.2) is 28.0 Å². The van der Waals surface area contributed by atoms with Gasteiger partial charge in [0.15, 0.2) is 9.84 Å². The van der Waals surface area contributed by atoms with Gasteiger partial charge in [0, 0.05) is 24.2 Å². The van der Waals surface area contributed by atoms with Crippen molar-refractivity contribution in [3.8, 4) is 0 Å². The van der Waals surface area contributed by atoms with Crippen LogP contribution in [0.1, 0.15) is 17.7 Å². The van der Waals surface area contributed by atoms with Crippen molar-refractivity contribution in [3.05, 3.63) is 34.4 Å². The van der Waals surface area contributed by atoms with Crippen LogP contribution < -0.4 is 10.6 Å². The van der Waals surface area contributed by atoms with Crippen LogP contribution in [0, 0.1) is 6.92 Å². The third-order valence-corrected chi connectivity index (χ3v) is 6.13. The first-order chi connectivity index (χ1) is 13.5. The van der Waals surface area contributed by atoms with Crippen molar-refractivity contribution in [2.24, 2.45) is 0 Å². The normalized spacial score (nSPS) is 16.8. The Labute approximate surface area is 169 Å². The van der Waals surface area contributed by atoms with Crippen LogP contribution in [0.25, 0.3) is 0 Å². The highest BCUT2D eigenvalue weighted by atomic mass is 32.2. The van der Waals surface area contributed by atoms with Gasteiger partial charge in [0.05, 0.1) is 21.9 Å². The highest BCUT2D eigenvalue weighted by Gasteiger charge is 2.38. The number of nitrogens with zero attached hydrogens (tertiary/aromatic N) is 2. The van der Waals surface area contributed by atoms with Crippen LogP contribution in [0.5, 0.6) is 0 Å². The molecule has 0 saturated carbocycles. The number of thiazole rings is 1. The molecule has 1 atom stereocenters. The molecule has 8 nitrogen and oxygen atoms in total. The Balaban J connectivity index is 0.000000370. The second kappa shape index (κ2) is 9.50. The molecule has 3 rings (SSSR count). The average molecular weight is 452 g/mol. The second-order valence-corrected chi connectivity index (χ2v) is 8.92. The van der Waals surface area contributed by atoms with E-state index in [1.807, 2.05) is 6.92 Å². The number of sulfone groups is 1. The Morgan fingerprint density at radius 3 is 2.59 bits per heavy atom. The Bertz CT molecular complexity index is 928. The molecule has 0 radical (unpaired) electrons. The van der Waals surface area contributed by atoms with E-state index in [9.17, 15) is 21.6 Å². The van der Waals surface area contributed by atoms with E-state index in [0.29, 0.717) is 11.7 Å². The number of carboxylic acid groups (broad SMARTS) is 1. The summed E-state index contributed by atoms with van der Waals surface area (Å²) in [5.74, 6) is -2.09. The van der Waals surface area contributed by atoms with Gasteiger partial charge in [0.25, 0.3) is 0 Å². The lowest BCUT2D eigenvalue weighted by molar-refractivity contribution is -0.192. The number of pyridine rings is 1. The van der Waals surface area contributed by atoms with Gasteiger partial charge in [-0.25, -0.2) is 23.2 Å². The van der Waals surface area contributed by atoms with Crippen molar-refractivity contribution >= 4 is 33.0 Å². The van der Waals surface area contributed by atoms with Crippen LogP contribution in [-0.2, 0) is 20.4 Å². The van der Waals surface area contributed by atoms with Gasteiger partial charge in [-0.1, -0.05) is 0 Å². The number of halogens is 3. The molecule has 3 heterocycles. The summed E-state index contributed by atoms with van der Waals surface area (Å²) in [5.41, 5.74) is 3.05. The molecule has 29 heavy (non-hydrogen) atoms. The van der Waals surface area contributed by atoms with E-state index in [1.165, 1.54) is 17.5 Å². The van der Waals surface area contributed by atoms with Crippen molar-refractivity contribution in [1.82, 2.24) is 15.3 Å². The summed E-state index contributed by atoms with van der Waals surface area (Å²) in [6.45, 7) is 3.78. The Hall–Kier alpha value is -2.25. The summed E-state index contributed by atoms with van der Waals surface area (Å²) in [6, 6.07) is 2.03. The van der Waals surface area contributed by atoms with Crippen LogP contribution >= 0.6 is 11.3 Å². The maximum Gasteiger partial charge on any atom is 0.490 e. The van der Waals surface area contributed by atoms with E-state index in [0.717, 1.165) is 30.9 Å². The van der Waals surface area contributed by atoms with Crippen LogP contribution in [-0.4, -0.2) is 54.8 Å². The Morgan fingerprint density at radius 1 is 1.41 bits per heavy atom. The highest BCUT2D eigenvalue weighted by Crippen LogP contribution is 2.21. The number of aryl methyl sites for hydroxylation is 1. The van der Waals surface area contributed by atoms with Crippen molar-refractivity contribution in [3.63, 3.8) is 0 Å². The fourth-order valence-electron chi connectivity index (χ4n) is 2.43. The first-order valence-electron chi connectivity index (χ1n) is 8.33. The van der Waals surface area contributed by atoms with Crippen molar-refractivity contribution in [2.75, 3.05) is 18.4 Å². The van der Waals surface area contributed by atoms with Gasteiger partial charge in [0.1, 0.15) is 5.82 Å². The molecule has 3 N–H and O–H groups in total. The van der Waals surface area contributed by atoms with Gasteiger partial charge in [0.2, 0.25) is 0 Å². The molecule has 160 valence electrons. The topological polar surface area (TPSA) is 121 Å². The number of carbonyl (C=O) groups is 1. The van der Waals surface area contributed by atoms with Crippen molar-refractivity contribution in [1.29, 1.82) is 0 Å². The van der Waals surface area contributed by atoms with E-state index in [2.05, 4.69) is 20.6 Å². The average Bonchev–Trinajstić information content (AvgIpc) is 3.30. The van der Waals surface area contributed by atoms with Crippen LogP contribution in [0.2, 0.25) is 0 Å². The second-order valence-electron chi connectivity index (χ2n) is 6.21. The summed E-state index contributed by atoms with van der Waals surface area (Å²) in [6.07, 6.45) is -2.61. The monoisotopic (exact) mass is 452 g/mol. The van der Waals surface area contributed by atoms with Crippen LogP contribution in [0.4, 0.5) is 19.0 Å². The van der Waals surface area contributed by atoms with E-state index in [1.54, 1.807) is 17.0 Å². The van der Waals surface area contributed by atoms with Gasteiger partial charge < -0.3 is 15.7 Å². The third kappa shape index (κ3) is 6.94. The molecule has 0 aromatic carbocycles. The quantitative estimate of drug-likeness (QED) is 0.632. The molecule has 2 aromatic rings. The zero-order valence-corrected chi connectivity index (χ0v) is 16.9. The predicted octanol–water partition coefficient (Wildman–Crippen LogP) is 2.23. The van der Waals surface area contributed by atoms with Gasteiger partial charge >= 0.3 is 12.1 Å². The highest BCUT2D eigenvalue weighted by molar-refractivity contribution is 7.90. The van der Waals surface area contributed by atoms with Crippen LogP contribution in [0.3, 0.4) is 0 Å². The minimum absolute atomic E-state index is 0.0864. The summed E-state index contributed by atoms with van der Waals surface area (Å²) >= 11 is 1.39. The molecule has 2 aromatic heterocycles. The Kier molecular flexibility index (Phi) is 7.54. The first kappa shape index (κ1) is 23.0. The van der Waals surface area contributed by atoms with Gasteiger partial charge in [-0.3, -0.25) is 0 Å². The summed E-state index contributed by atoms with van der Waals surface area (Å²) in [5, 5.41) is 15.5. The fourth-order valence-corrected chi connectivity index (χ4v) is 4.38. The number of aromatic nitrogens is 2. The number of nitrogens with one attached hydrogen (secondary N) is 2. The van der Waals surface area contributed by atoms with E-state index in [-0.39, 0.29) is 10.6 Å². The number of hydrogen-bond acceptors (Lipinski definition) is 8. The lowest BCUT2D eigenvalue weighted by Gasteiger charge is -2.14. The van der Waals surface area contributed by atoms with Crippen molar-refractivity contribution in [2.45, 2.75) is 36.2 Å². The number of rotatable bonds is 5. The molecule has 0 spiro atoms. The molecular weight excluding hydrogens is 433 g/mol. The lowest BCUT2D eigenvalue weighted by atomic mass is 10.2. The number of alkyl halides is 3. The maximum absolute atomic E-state index is 12.4. The van der Waals surface area contributed by atoms with Gasteiger partial charge in [-0.05, 0) is 31.5 Å². The van der Waals surface area contributed by atoms with E-state index in [4.69, 9.17) is 9.90 Å². The third-order valence-electron chi connectivity index (χ3n) is 3.88. The lowest BCUT2D eigenvalue weighted by Crippen LogP contribution is -2.23. The smallest absolute Gasteiger partial charge is 0.475 e. The zero-order valence-electron chi connectivity index (χ0n) is 15.2. The number of hydrogen-bond donors (Lipinski definition) is 3. The minimum Gasteiger partial charge on any atom is -0.475 e. The number of anilines is 1. The Morgan fingerprint density at radius 2 is 2.10 bits per heavy atom. The number of carboxylic acids is 1. The predicted molar refractivity (Wildman–Crippen MR) is 101 cm³/mol. The minimum atomic E-state index is -5.08. The van der Waals surface area contributed by atoms with E-state index < -0.39 is 22.0 Å². The molecule has 0 bridgehead atoms. The summed E-state index contributed by atoms with van der Waals surface area (Å²) in [7, 11) is -3.41. The summed E-state index contributed by atoms with van der Waals surface area (Å²) in [4.78, 5) is 17.5. The molecule has 1 saturated heterocycles. The largest absolute Gasteiger partial charge is 0.490 e. The zero-order chi connectivity index (χ0) is 21.7. The number of aliphatic carboxylic acids is 1. The molecule has 0 unspecified atom stereocenters. The van der Waals surface area contributed by atoms with Crippen molar-refractivity contribution < 1.29 is 31.5 Å². The fraction of sp³-hybridized carbons (Fsp3) is 0.438. The molecule has 1 aliphatic heterocycles. The molecule has 13 heteroatoms. The summed E-state index contributed by atoms with van der Waals surface area (Å²) < 4.78 is 56.5.